The quantitative estimate of drug-likeness (QED) is 0.337. The third-order valence-corrected chi connectivity index (χ3v) is 4.69. The summed E-state index contributed by atoms with van der Waals surface area (Å²) in [4.78, 5) is 0. The van der Waals surface area contributed by atoms with E-state index < -0.39 is 0 Å². The Morgan fingerprint density at radius 3 is 2.57 bits per heavy atom. The van der Waals surface area contributed by atoms with Crippen molar-refractivity contribution in [2.24, 2.45) is 5.10 Å². The van der Waals surface area contributed by atoms with E-state index in [1.165, 1.54) is 0 Å². The van der Waals surface area contributed by atoms with E-state index in [9.17, 15) is 0 Å². The number of aromatic amines is 1. The fourth-order valence-electron chi connectivity index (χ4n) is 2.86. The number of benzene rings is 3. The molecule has 0 aliphatic carbocycles. The van der Waals surface area contributed by atoms with Gasteiger partial charge in [-0.1, -0.05) is 42.5 Å². The third kappa shape index (κ3) is 4.64. The first-order valence-electron chi connectivity index (χ1n) is 9.36. The van der Waals surface area contributed by atoms with E-state index in [1.54, 1.807) is 18.0 Å². The van der Waals surface area contributed by atoms with Gasteiger partial charge in [0.15, 0.2) is 5.82 Å². The van der Waals surface area contributed by atoms with Crippen LogP contribution in [0.2, 0.25) is 0 Å². The zero-order valence-corrected chi connectivity index (χ0v) is 17.2. The predicted molar refractivity (Wildman–Crippen MR) is 120 cm³/mol. The number of aromatic nitrogens is 3. The van der Waals surface area contributed by atoms with E-state index in [0.717, 1.165) is 28.2 Å². The predicted octanol–water partition coefficient (Wildman–Crippen LogP) is 5.08. The topological polar surface area (TPSA) is 64.4 Å². The summed E-state index contributed by atoms with van der Waals surface area (Å²) in [6, 6.07) is 25.4. The first kappa shape index (κ1) is 19.6. The minimum Gasteiger partial charge on any atom is -0.497 e. The first-order chi connectivity index (χ1) is 14.7. The van der Waals surface area contributed by atoms with Crippen LogP contribution >= 0.6 is 12.2 Å². The highest BCUT2D eigenvalue weighted by atomic mass is 32.1. The van der Waals surface area contributed by atoms with Crippen molar-refractivity contribution in [2.75, 3.05) is 7.11 Å². The lowest BCUT2D eigenvalue weighted by molar-refractivity contribution is 0.306. The Balaban J connectivity index is 1.49. The molecule has 0 saturated carbocycles. The molecular weight excluding hydrogens is 396 g/mol. The smallest absolute Gasteiger partial charge is 0.216 e. The van der Waals surface area contributed by atoms with Gasteiger partial charge in [0, 0.05) is 5.56 Å². The number of nitrogens with one attached hydrogen (secondary N) is 1. The van der Waals surface area contributed by atoms with Crippen LogP contribution in [0.4, 0.5) is 0 Å². The Morgan fingerprint density at radius 2 is 1.80 bits per heavy atom. The van der Waals surface area contributed by atoms with Gasteiger partial charge in [-0.25, -0.2) is 5.10 Å². The SMILES string of the molecule is COc1cccc(-c2n[nH]c(=S)n2/N=C/c2ccc(OCc3ccccc3)cc2)c1. The molecule has 0 saturated heterocycles. The summed E-state index contributed by atoms with van der Waals surface area (Å²) in [6.07, 6.45) is 1.73. The van der Waals surface area contributed by atoms with Crippen LogP contribution in [0.5, 0.6) is 11.5 Å². The molecule has 0 unspecified atom stereocenters. The van der Waals surface area contributed by atoms with Crippen LogP contribution in [0, 0.1) is 4.77 Å². The summed E-state index contributed by atoms with van der Waals surface area (Å²) < 4.78 is 13.1. The van der Waals surface area contributed by atoms with E-state index >= 15 is 0 Å². The maximum atomic E-state index is 5.82. The number of hydrogen-bond acceptors (Lipinski definition) is 5. The number of rotatable bonds is 7. The molecular formula is C23H20N4O2S. The van der Waals surface area contributed by atoms with Crippen molar-refractivity contribution in [3.63, 3.8) is 0 Å². The van der Waals surface area contributed by atoms with E-state index in [0.29, 0.717) is 17.2 Å². The number of H-pyrrole nitrogens is 1. The normalized spacial score (nSPS) is 11.0. The number of nitrogens with zero attached hydrogens (tertiary/aromatic N) is 3. The van der Waals surface area contributed by atoms with Crippen LogP contribution in [0.3, 0.4) is 0 Å². The van der Waals surface area contributed by atoms with Gasteiger partial charge in [0.25, 0.3) is 0 Å². The summed E-state index contributed by atoms with van der Waals surface area (Å²) in [5, 5.41) is 11.6. The van der Waals surface area contributed by atoms with Gasteiger partial charge < -0.3 is 9.47 Å². The zero-order chi connectivity index (χ0) is 20.8. The number of methoxy groups -OCH3 is 1. The molecule has 1 heterocycles. The Hall–Kier alpha value is -3.71. The lowest BCUT2D eigenvalue weighted by Crippen LogP contribution is -1.96. The van der Waals surface area contributed by atoms with Crippen molar-refractivity contribution < 1.29 is 9.47 Å². The highest BCUT2D eigenvalue weighted by Crippen LogP contribution is 2.22. The van der Waals surface area contributed by atoms with Crippen molar-refractivity contribution in [3.05, 3.63) is 94.8 Å². The van der Waals surface area contributed by atoms with Gasteiger partial charge in [-0.3, -0.25) is 0 Å². The fourth-order valence-corrected chi connectivity index (χ4v) is 3.04. The number of hydrogen-bond donors (Lipinski definition) is 1. The molecule has 0 aliphatic heterocycles. The van der Waals surface area contributed by atoms with Crippen molar-refractivity contribution >= 4 is 18.4 Å². The van der Waals surface area contributed by atoms with Gasteiger partial charge in [-0.05, 0) is 59.7 Å². The highest BCUT2D eigenvalue weighted by molar-refractivity contribution is 7.71. The van der Waals surface area contributed by atoms with Crippen LogP contribution in [-0.2, 0) is 6.61 Å². The Bertz CT molecular complexity index is 1200. The van der Waals surface area contributed by atoms with Crippen molar-refractivity contribution in [3.8, 4) is 22.9 Å². The summed E-state index contributed by atoms with van der Waals surface area (Å²) in [6.45, 7) is 0.530. The molecule has 30 heavy (non-hydrogen) atoms. The van der Waals surface area contributed by atoms with Gasteiger partial charge in [0.1, 0.15) is 18.1 Å². The van der Waals surface area contributed by atoms with Crippen LogP contribution in [0.25, 0.3) is 11.4 Å². The first-order valence-corrected chi connectivity index (χ1v) is 9.77. The number of ether oxygens (including phenoxy) is 2. The molecule has 0 atom stereocenters. The minimum atomic E-state index is 0.409. The van der Waals surface area contributed by atoms with Crippen LogP contribution in [0.15, 0.2) is 84.0 Å². The lowest BCUT2D eigenvalue weighted by Gasteiger charge is -2.06. The average molecular weight is 417 g/mol. The molecule has 0 bridgehead atoms. The van der Waals surface area contributed by atoms with E-state index in [-0.39, 0.29) is 0 Å². The summed E-state index contributed by atoms with van der Waals surface area (Å²) in [7, 11) is 1.63. The maximum absolute atomic E-state index is 5.82. The van der Waals surface area contributed by atoms with Crippen LogP contribution < -0.4 is 9.47 Å². The van der Waals surface area contributed by atoms with E-state index in [4.69, 9.17) is 21.7 Å². The summed E-state index contributed by atoms with van der Waals surface area (Å²) in [5.41, 5.74) is 2.90. The summed E-state index contributed by atoms with van der Waals surface area (Å²) in [5.74, 6) is 2.15. The second-order valence-electron chi connectivity index (χ2n) is 6.48. The molecule has 3 aromatic carbocycles. The second-order valence-corrected chi connectivity index (χ2v) is 6.87. The van der Waals surface area contributed by atoms with Gasteiger partial charge >= 0.3 is 0 Å². The molecule has 0 fully saturated rings. The van der Waals surface area contributed by atoms with Gasteiger partial charge in [-0.15, -0.1) is 0 Å². The standard InChI is InChI=1S/C23H20N4O2S/c1-28-21-9-5-8-19(14-21)22-25-26-23(30)27(22)24-15-17-10-12-20(13-11-17)29-16-18-6-3-2-4-7-18/h2-15H,16H2,1H3,(H,26,30)/b24-15+. The molecule has 4 aromatic rings. The van der Waals surface area contributed by atoms with E-state index in [1.807, 2.05) is 78.9 Å². The maximum Gasteiger partial charge on any atom is 0.216 e. The molecule has 150 valence electrons. The Morgan fingerprint density at radius 1 is 1.00 bits per heavy atom. The monoisotopic (exact) mass is 416 g/mol. The highest BCUT2D eigenvalue weighted by Gasteiger charge is 2.09. The Labute approximate surface area is 179 Å². The average Bonchev–Trinajstić information content (AvgIpc) is 3.18. The molecule has 4 rings (SSSR count). The van der Waals surface area contributed by atoms with Gasteiger partial charge in [-0.2, -0.15) is 14.9 Å². The van der Waals surface area contributed by atoms with Crippen molar-refractivity contribution in [1.29, 1.82) is 0 Å². The van der Waals surface area contributed by atoms with Gasteiger partial charge in [0.05, 0.1) is 13.3 Å². The lowest BCUT2D eigenvalue weighted by atomic mass is 10.2. The van der Waals surface area contributed by atoms with Crippen LogP contribution in [0.1, 0.15) is 11.1 Å². The zero-order valence-electron chi connectivity index (χ0n) is 16.4. The van der Waals surface area contributed by atoms with Crippen LogP contribution in [-0.4, -0.2) is 28.2 Å². The molecule has 0 aliphatic rings. The van der Waals surface area contributed by atoms with Crippen molar-refractivity contribution in [2.45, 2.75) is 6.61 Å². The van der Waals surface area contributed by atoms with Gasteiger partial charge in [0.2, 0.25) is 4.77 Å². The molecule has 0 radical (unpaired) electrons. The fraction of sp³-hybridized carbons (Fsp3) is 0.0870. The van der Waals surface area contributed by atoms with Crippen molar-refractivity contribution in [1.82, 2.24) is 14.9 Å². The molecule has 1 N–H and O–H groups in total. The summed E-state index contributed by atoms with van der Waals surface area (Å²) >= 11 is 5.33. The Kier molecular flexibility index (Phi) is 6.01. The van der Waals surface area contributed by atoms with E-state index in [2.05, 4.69) is 15.3 Å². The molecule has 0 spiro atoms. The second kappa shape index (κ2) is 9.19. The minimum absolute atomic E-state index is 0.409. The molecule has 6 nitrogen and oxygen atoms in total. The molecule has 1 aromatic heterocycles. The molecule has 7 heteroatoms. The third-order valence-electron chi connectivity index (χ3n) is 4.43. The molecule has 0 amide bonds. The largest absolute Gasteiger partial charge is 0.497 e.